The molecule has 1 aromatic rings. The lowest BCUT2D eigenvalue weighted by molar-refractivity contribution is 0.686. The Morgan fingerprint density at radius 1 is 1.44 bits per heavy atom. The largest absolute Gasteiger partial charge is 0.370 e. The third-order valence-corrected chi connectivity index (χ3v) is 2.78. The summed E-state index contributed by atoms with van der Waals surface area (Å²) >= 11 is 0. The van der Waals surface area contributed by atoms with Gasteiger partial charge in [-0.15, -0.1) is 0 Å². The molecule has 1 aliphatic rings. The first-order valence-electron chi connectivity index (χ1n) is 5.84. The van der Waals surface area contributed by atoms with Crippen LogP contribution in [-0.2, 0) is 0 Å². The highest BCUT2D eigenvalue weighted by atomic mass is 15.3. The van der Waals surface area contributed by atoms with Crippen LogP contribution in [0, 0.1) is 12.8 Å². The van der Waals surface area contributed by atoms with Crippen LogP contribution in [0.2, 0.25) is 0 Å². The van der Waals surface area contributed by atoms with Crippen LogP contribution in [-0.4, -0.2) is 16.5 Å². The Bertz CT molecular complexity index is 348. The Balaban J connectivity index is 1.80. The van der Waals surface area contributed by atoms with Crippen LogP contribution in [0.3, 0.4) is 0 Å². The van der Waals surface area contributed by atoms with Crippen molar-refractivity contribution >= 4 is 11.8 Å². The van der Waals surface area contributed by atoms with Crippen molar-refractivity contribution in [2.45, 2.75) is 32.6 Å². The molecule has 1 fully saturated rings. The number of hydrazine groups is 1. The van der Waals surface area contributed by atoms with Crippen molar-refractivity contribution in [1.82, 2.24) is 9.97 Å². The predicted octanol–water partition coefficient (Wildman–Crippen LogP) is 1.67. The summed E-state index contributed by atoms with van der Waals surface area (Å²) in [6.07, 6.45) is 5.39. The lowest BCUT2D eigenvalue weighted by Gasteiger charge is -2.07. The fourth-order valence-corrected chi connectivity index (χ4v) is 1.74. The first-order valence-corrected chi connectivity index (χ1v) is 5.84. The molecule has 0 saturated heterocycles. The molecule has 1 heterocycles. The molecule has 0 aromatic carbocycles. The molecule has 16 heavy (non-hydrogen) atoms. The molecule has 5 nitrogen and oxygen atoms in total. The van der Waals surface area contributed by atoms with Gasteiger partial charge in [-0.3, -0.25) is 5.43 Å². The second-order valence-corrected chi connectivity index (χ2v) is 4.37. The molecule has 1 aromatic heterocycles. The van der Waals surface area contributed by atoms with Gasteiger partial charge >= 0.3 is 0 Å². The summed E-state index contributed by atoms with van der Waals surface area (Å²) < 4.78 is 0. The van der Waals surface area contributed by atoms with Gasteiger partial charge in [-0.05, 0) is 25.7 Å². The van der Waals surface area contributed by atoms with Gasteiger partial charge in [-0.1, -0.05) is 12.8 Å². The minimum atomic E-state index is 0.463. The van der Waals surface area contributed by atoms with Crippen LogP contribution in [0.15, 0.2) is 6.07 Å². The molecular weight excluding hydrogens is 202 g/mol. The van der Waals surface area contributed by atoms with E-state index in [1.54, 1.807) is 0 Å². The highest BCUT2D eigenvalue weighted by molar-refractivity contribution is 5.41. The molecule has 2 rings (SSSR count). The van der Waals surface area contributed by atoms with Crippen LogP contribution < -0.4 is 16.6 Å². The normalized spacial score (nSPS) is 14.9. The van der Waals surface area contributed by atoms with Gasteiger partial charge < -0.3 is 5.32 Å². The van der Waals surface area contributed by atoms with Crippen molar-refractivity contribution in [3.05, 3.63) is 11.8 Å². The van der Waals surface area contributed by atoms with Gasteiger partial charge in [0.25, 0.3) is 0 Å². The molecular formula is C11H19N5. The smallest absolute Gasteiger partial charge is 0.239 e. The van der Waals surface area contributed by atoms with Crippen LogP contribution in [0.4, 0.5) is 11.8 Å². The first-order chi connectivity index (χ1) is 7.78. The average Bonchev–Trinajstić information content (AvgIpc) is 3.07. The van der Waals surface area contributed by atoms with Gasteiger partial charge in [-0.2, -0.15) is 4.98 Å². The van der Waals surface area contributed by atoms with E-state index in [1.807, 2.05) is 13.0 Å². The molecule has 4 N–H and O–H groups in total. The van der Waals surface area contributed by atoms with Gasteiger partial charge in [0.15, 0.2) is 0 Å². The van der Waals surface area contributed by atoms with E-state index in [1.165, 1.54) is 25.7 Å². The highest BCUT2D eigenvalue weighted by Crippen LogP contribution is 2.33. The van der Waals surface area contributed by atoms with Crippen LogP contribution >= 0.6 is 0 Å². The van der Waals surface area contributed by atoms with Gasteiger partial charge in [0.2, 0.25) is 5.95 Å². The van der Waals surface area contributed by atoms with Gasteiger partial charge in [0.05, 0.1) is 0 Å². The lowest BCUT2D eigenvalue weighted by atomic mass is 10.2. The highest BCUT2D eigenvalue weighted by Gasteiger charge is 2.19. The van der Waals surface area contributed by atoms with Gasteiger partial charge in [-0.25, -0.2) is 10.8 Å². The summed E-state index contributed by atoms with van der Waals surface area (Å²) in [7, 11) is 0. The molecule has 0 amide bonds. The number of anilines is 2. The van der Waals surface area contributed by atoms with E-state index < -0.39 is 0 Å². The minimum absolute atomic E-state index is 0.463. The van der Waals surface area contributed by atoms with Crippen molar-refractivity contribution < 1.29 is 0 Å². The Morgan fingerprint density at radius 2 is 2.25 bits per heavy atom. The summed E-state index contributed by atoms with van der Waals surface area (Å²) in [6, 6.07) is 1.93. The van der Waals surface area contributed by atoms with Gasteiger partial charge in [0.1, 0.15) is 5.82 Å². The molecule has 0 bridgehead atoms. The first kappa shape index (κ1) is 11.1. The monoisotopic (exact) mass is 221 g/mol. The summed E-state index contributed by atoms with van der Waals surface area (Å²) in [5.41, 5.74) is 3.37. The number of nitrogen functional groups attached to an aromatic ring is 1. The number of aromatic nitrogens is 2. The van der Waals surface area contributed by atoms with E-state index in [9.17, 15) is 0 Å². The molecule has 1 aliphatic carbocycles. The SMILES string of the molecule is Cc1cc(NCCCC2CC2)nc(NN)n1. The van der Waals surface area contributed by atoms with E-state index in [0.29, 0.717) is 5.95 Å². The average molecular weight is 221 g/mol. The van der Waals surface area contributed by atoms with E-state index in [-0.39, 0.29) is 0 Å². The van der Waals surface area contributed by atoms with Crippen molar-refractivity contribution in [2.75, 3.05) is 17.3 Å². The molecule has 5 heteroatoms. The number of hydrogen-bond acceptors (Lipinski definition) is 5. The molecule has 0 spiro atoms. The number of nitrogens with zero attached hydrogens (tertiary/aromatic N) is 2. The predicted molar refractivity (Wildman–Crippen MR) is 65.0 cm³/mol. The number of aryl methyl sites for hydroxylation is 1. The fourth-order valence-electron chi connectivity index (χ4n) is 1.74. The van der Waals surface area contributed by atoms with Crippen LogP contribution in [0.1, 0.15) is 31.4 Å². The maximum Gasteiger partial charge on any atom is 0.239 e. The zero-order valence-electron chi connectivity index (χ0n) is 9.66. The molecule has 0 unspecified atom stereocenters. The minimum Gasteiger partial charge on any atom is -0.370 e. The second kappa shape index (κ2) is 5.12. The van der Waals surface area contributed by atoms with E-state index >= 15 is 0 Å². The number of nitrogens with one attached hydrogen (secondary N) is 2. The number of rotatable bonds is 6. The van der Waals surface area contributed by atoms with Crippen molar-refractivity contribution in [2.24, 2.45) is 11.8 Å². The summed E-state index contributed by atoms with van der Waals surface area (Å²) in [6.45, 7) is 2.90. The summed E-state index contributed by atoms with van der Waals surface area (Å²) in [5, 5.41) is 3.30. The maximum atomic E-state index is 5.29. The molecule has 1 saturated carbocycles. The zero-order chi connectivity index (χ0) is 11.4. The van der Waals surface area contributed by atoms with E-state index in [0.717, 1.165) is 24.0 Å². The van der Waals surface area contributed by atoms with E-state index in [4.69, 9.17) is 5.84 Å². The lowest BCUT2D eigenvalue weighted by Crippen LogP contribution is -2.13. The molecule has 88 valence electrons. The second-order valence-electron chi connectivity index (χ2n) is 4.37. The Kier molecular flexibility index (Phi) is 3.56. The summed E-state index contributed by atoms with van der Waals surface area (Å²) in [5.74, 6) is 7.59. The van der Waals surface area contributed by atoms with Crippen molar-refractivity contribution in [3.63, 3.8) is 0 Å². The van der Waals surface area contributed by atoms with E-state index in [2.05, 4.69) is 20.7 Å². The zero-order valence-corrected chi connectivity index (χ0v) is 9.66. The molecule has 0 radical (unpaired) electrons. The topological polar surface area (TPSA) is 75.9 Å². The van der Waals surface area contributed by atoms with Crippen molar-refractivity contribution in [3.8, 4) is 0 Å². The molecule has 0 atom stereocenters. The number of hydrogen-bond donors (Lipinski definition) is 3. The number of nitrogens with two attached hydrogens (primary N) is 1. The quantitative estimate of drug-likeness (QED) is 0.387. The summed E-state index contributed by atoms with van der Waals surface area (Å²) in [4.78, 5) is 8.36. The third-order valence-electron chi connectivity index (χ3n) is 2.78. The van der Waals surface area contributed by atoms with Crippen molar-refractivity contribution in [1.29, 1.82) is 0 Å². The van der Waals surface area contributed by atoms with Crippen LogP contribution in [0.5, 0.6) is 0 Å². The fraction of sp³-hybridized carbons (Fsp3) is 0.636. The van der Waals surface area contributed by atoms with Crippen LogP contribution in [0.25, 0.3) is 0 Å². The maximum absolute atomic E-state index is 5.29. The Labute approximate surface area is 95.8 Å². The Morgan fingerprint density at radius 3 is 2.94 bits per heavy atom. The molecule has 0 aliphatic heterocycles. The Hall–Kier alpha value is -1.36. The third kappa shape index (κ3) is 3.34. The standard InChI is InChI=1S/C11H19N5/c1-8-7-10(15-11(14-8)16-12)13-6-2-3-9-4-5-9/h7,9H,2-6,12H2,1H3,(H2,13,14,15,16). The van der Waals surface area contributed by atoms with Gasteiger partial charge in [0, 0.05) is 18.3 Å².